The fraction of sp³-hybridized carbons (Fsp3) is 0.481. The predicted octanol–water partition coefficient (Wildman–Crippen LogP) is 4.44. The Morgan fingerprint density at radius 3 is 2.43 bits per heavy atom. The van der Waals surface area contributed by atoms with Crippen LogP contribution in [0.4, 0.5) is 11.6 Å². The number of methoxy groups -OCH3 is 1. The van der Waals surface area contributed by atoms with Crippen molar-refractivity contribution < 1.29 is 9.53 Å². The van der Waals surface area contributed by atoms with Gasteiger partial charge in [-0.05, 0) is 45.4 Å². The zero-order valence-corrected chi connectivity index (χ0v) is 21.4. The zero-order chi connectivity index (χ0) is 24.9. The van der Waals surface area contributed by atoms with Crippen molar-refractivity contribution in [2.75, 3.05) is 43.2 Å². The number of likely N-dealkylation sites (tertiary alicyclic amines) is 1. The number of hydrogen-bond donors (Lipinski definition) is 0. The summed E-state index contributed by atoms with van der Waals surface area (Å²) in [5.74, 6) is 2.36. The van der Waals surface area contributed by atoms with Crippen molar-refractivity contribution in [1.29, 1.82) is 0 Å². The van der Waals surface area contributed by atoms with Crippen LogP contribution in [0.25, 0.3) is 0 Å². The number of ether oxygens (including phenoxy) is 1. The number of amides is 1. The SMILES string of the molecule is CC=CN(N=CCCC)c1cc(OC)ccc1C(=O)N1CC2CN(c3nc(C)cc(C)n3)CC2C1. The van der Waals surface area contributed by atoms with Crippen molar-refractivity contribution in [3.8, 4) is 5.75 Å². The van der Waals surface area contributed by atoms with E-state index in [9.17, 15) is 4.79 Å². The van der Waals surface area contributed by atoms with Crippen LogP contribution < -0.4 is 14.6 Å². The number of benzene rings is 1. The highest BCUT2D eigenvalue weighted by Crippen LogP contribution is 2.35. The van der Waals surface area contributed by atoms with Crippen molar-refractivity contribution in [1.82, 2.24) is 14.9 Å². The highest BCUT2D eigenvalue weighted by Gasteiger charge is 2.43. The number of hydrazone groups is 1. The molecule has 2 fully saturated rings. The van der Waals surface area contributed by atoms with Gasteiger partial charge in [-0.25, -0.2) is 15.0 Å². The smallest absolute Gasteiger partial charge is 0.256 e. The number of carbonyl (C=O) groups is 1. The molecular weight excluding hydrogens is 440 g/mol. The van der Waals surface area contributed by atoms with Gasteiger partial charge in [0.15, 0.2) is 0 Å². The molecule has 0 N–H and O–H groups in total. The van der Waals surface area contributed by atoms with Gasteiger partial charge < -0.3 is 14.5 Å². The van der Waals surface area contributed by atoms with Gasteiger partial charge in [0.25, 0.3) is 5.91 Å². The number of rotatable bonds is 8. The van der Waals surface area contributed by atoms with Crippen molar-refractivity contribution in [3.05, 3.63) is 53.5 Å². The van der Waals surface area contributed by atoms with Crippen LogP contribution in [0.1, 0.15) is 48.4 Å². The lowest BCUT2D eigenvalue weighted by Gasteiger charge is -2.24. The molecule has 1 aromatic heterocycles. The number of aryl methyl sites for hydroxylation is 2. The molecule has 1 aromatic carbocycles. The fourth-order valence-corrected chi connectivity index (χ4v) is 4.95. The van der Waals surface area contributed by atoms with Gasteiger partial charge in [0.05, 0.1) is 18.4 Å². The summed E-state index contributed by atoms with van der Waals surface area (Å²) in [7, 11) is 1.63. The summed E-state index contributed by atoms with van der Waals surface area (Å²) in [6.07, 6.45) is 7.56. The minimum absolute atomic E-state index is 0.0337. The van der Waals surface area contributed by atoms with Crippen molar-refractivity contribution in [2.24, 2.45) is 16.9 Å². The third-order valence-corrected chi connectivity index (χ3v) is 6.62. The van der Waals surface area contributed by atoms with Crippen molar-refractivity contribution in [2.45, 2.75) is 40.5 Å². The molecule has 0 aliphatic carbocycles. The number of allylic oxidation sites excluding steroid dienone is 1. The molecule has 2 saturated heterocycles. The van der Waals surface area contributed by atoms with Gasteiger partial charge >= 0.3 is 0 Å². The molecule has 2 aliphatic heterocycles. The molecular formula is C27H36N6O2. The Kier molecular flexibility index (Phi) is 7.68. The Morgan fingerprint density at radius 2 is 1.83 bits per heavy atom. The van der Waals surface area contributed by atoms with E-state index in [1.807, 2.05) is 68.4 Å². The Balaban J connectivity index is 1.53. The lowest BCUT2D eigenvalue weighted by atomic mass is 10.0. The molecule has 2 aromatic rings. The van der Waals surface area contributed by atoms with Gasteiger partial charge in [-0.1, -0.05) is 19.4 Å². The predicted molar refractivity (Wildman–Crippen MR) is 140 cm³/mol. The standard InChI is InChI=1S/C27H36N6O2/c1-6-8-11-28-33(12-7-2)25-14-23(35-5)9-10-24(25)26(34)31-15-21-17-32(18-22(21)16-31)27-29-19(3)13-20(4)30-27/h7,9-14,21-22H,6,8,15-18H2,1-5H3. The molecule has 1 amide bonds. The van der Waals surface area contributed by atoms with E-state index >= 15 is 0 Å². The summed E-state index contributed by atoms with van der Waals surface area (Å²) in [5.41, 5.74) is 3.33. The van der Waals surface area contributed by atoms with E-state index < -0.39 is 0 Å². The summed E-state index contributed by atoms with van der Waals surface area (Å²) in [4.78, 5) is 27.3. The molecule has 0 saturated carbocycles. The number of nitrogens with zero attached hydrogens (tertiary/aromatic N) is 6. The molecule has 0 radical (unpaired) electrons. The van der Waals surface area contributed by atoms with Crippen LogP contribution in [0, 0.1) is 25.7 Å². The summed E-state index contributed by atoms with van der Waals surface area (Å²) < 4.78 is 5.46. The van der Waals surface area contributed by atoms with Gasteiger partial charge in [0.1, 0.15) is 5.75 Å². The van der Waals surface area contributed by atoms with Crippen LogP contribution in [0.3, 0.4) is 0 Å². The summed E-state index contributed by atoms with van der Waals surface area (Å²) in [5, 5.41) is 6.37. The lowest BCUT2D eigenvalue weighted by Crippen LogP contribution is -2.34. The van der Waals surface area contributed by atoms with E-state index in [1.165, 1.54) is 0 Å². The van der Waals surface area contributed by atoms with Crippen LogP contribution in [-0.4, -0.2) is 60.3 Å². The second-order valence-corrected chi connectivity index (χ2v) is 9.38. The molecule has 0 spiro atoms. The monoisotopic (exact) mass is 476 g/mol. The van der Waals surface area contributed by atoms with Gasteiger partial charge in [0.2, 0.25) is 5.95 Å². The second kappa shape index (κ2) is 10.9. The first-order valence-corrected chi connectivity index (χ1v) is 12.4. The summed E-state index contributed by atoms with van der Waals surface area (Å²) in [6, 6.07) is 7.58. The largest absolute Gasteiger partial charge is 0.497 e. The maximum absolute atomic E-state index is 13.7. The third-order valence-electron chi connectivity index (χ3n) is 6.62. The third kappa shape index (κ3) is 5.47. The van der Waals surface area contributed by atoms with Gasteiger partial charge in [-0.3, -0.25) is 4.79 Å². The summed E-state index contributed by atoms with van der Waals surface area (Å²) >= 11 is 0. The van der Waals surface area contributed by atoms with E-state index in [2.05, 4.69) is 26.9 Å². The molecule has 4 rings (SSSR count). The topological polar surface area (TPSA) is 74.2 Å². The molecule has 8 heteroatoms. The maximum atomic E-state index is 13.7. The Morgan fingerprint density at radius 1 is 1.14 bits per heavy atom. The average Bonchev–Trinajstić information content (AvgIpc) is 3.42. The van der Waals surface area contributed by atoms with E-state index in [4.69, 9.17) is 4.74 Å². The lowest BCUT2D eigenvalue weighted by molar-refractivity contribution is 0.0783. The number of fused-ring (bicyclic) bond motifs is 1. The Hall–Kier alpha value is -3.42. The van der Waals surface area contributed by atoms with Crippen LogP contribution in [0.15, 0.2) is 41.6 Å². The first-order valence-electron chi connectivity index (χ1n) is 12.4. The molecule has 8 nitrogen and oxygen atoms in total. The van der Waals surface area contributed by atoms with Crippen LogP contribution in [0.5, 0.6) is 5.75 Å². The average molecular weight is 477 g/mol. The van der Waals surface area contributed by atoms with Crippen LogP contribution in [-0.2, 0) is 0 Å². The van der Waals surface area contributed by atoms with E-state index in [0.29, 0.717) is 23.1 Å². The maximum Gasteiger partial charge on any atom is 0.256 e. The number of unbranched alkanes of at least 4 members (excludes halogenated alkanes) is 1. The molecule has 186 valence electrons. The van der Waals surface area contributed by atoms with Gasteiger partial charge in [0, 0.05) is 67.9 Å². The van der Waals surface area contributed by atoms with E-state index in [0.717, 1.165) is 62.0 Å². The van der Waals surface area contributed by atoms with Crippen molar-refractivity contribution >= 4 is 23.8 Å². The second-order valence-electron chi connectivity index (χ2n) is 9.38. The Labute approximate surface area is 208 Å². The zero-order valence-electron chi connectivity index (χ0n) is 21.4. The minimum atomic E-state index is 0.0337. The quantitative estimate of drug-likeness (QED) is 0.414. The van der Waals surface area contributed by atoms with Crippen molar-refractivity contribution in [3.63, 3.8) is 0 Å². The number of aromatic nitrogens is 2. The summed E-state index contributed by atoms with van der Waals surface area (Å²) in [6.45, 7) is 11.3. The number of carbonyl (C=O) groups excluding carboxylic acids is 1. The normalized spacial score (nSPS) is 19.7. The molecule has 2 atom stereocenters. The van der Waals surface area contributed by atoms with Crippen LogP contribution >= 0.6 is 0 Å². The van der Waals surface area contributed by atoms with Gasteiger partial charge in [-0.15, -0.1) is 0 Å². The Bertz CT molecular complexity index is 1080. The van der Waals surface area contributed by atoms with E-state index in [1.54, 1.807) is 12.1 Å². The molecule has 3 heterocycles. The molecule has 2 unspecified atom stereocenters. The number of hydrogen-bond acceptors (Lipinski definition) is 7. The molecule has 35 heavy (non-hydrogen) atoms. The van der Waals surface area contributed by atoms with E-state index in [-0.39, 0.29) is 5.91 Å². The minimum Gasteiger partial charge on any atom is -0.497 e. The highest BCUT2D eigenvalue weighted by atomic mass is 16.5. The van der Waals surface area contributed by atoms with Crippen LogP contribution in [0.2, 0.25) is 0 Å². The molecule has 0 bridgehead atoms. The highest BCUT2D eigenvalue weighted by molar-refractivity contribution is 6.00. The fourth-order valence-electron chi connectivity index (χ4n) is 4.95. The first-order chi connectivity index (χ1) is 16.9. The molecule has 2 aliphatic rings. The first kappa shape index (κ1) is 24.7. The van der Waals surface area contributed by atoms with Gasteiger partial charge in [-0.2, -0.15) is 5.10 Å². The number of anilines is 2.